The molecule has 0 aromatic heterocycles. The molecule has 1 fully saturated rings. The number of rotatable bonds is 5. The molecule has 1 N–H and O–H groups in total. The van der Waals surface area contributed by atoms with Crippen LogP contribution in [-0.2, 0) is 14.3 Å². The Balaban J connectivity index is 1.93. The normalized spacial score (nSPS) is 16.8. The van der Waals surface area contributed by atoms with E-state index >= 15 is 0 Å². The summed E-state index contributed by atoms with van der Waals surface area (Å²) in [7, 11) is 0. The average Bonchev–Trinajstić information content (AvgIpc) is 2.86. The molecule has 0 atom stereocenters. The second kappa shape index (κ2) is 6.82. The van der Waals surface area contributed by atoms with Gasteiger partial charge in [-0.25, -0.2) is 5.43 Å². The third kappa shape index (κ3) is 4.23. The van der Waals surface area contributed by atoms with Gasteiger partial charge in [-0.15, -0.1) is 0 Å². The predicted octanol–water partition coefficient (Wildman–Crippen LogP) is 1.85. The van der Waals surface area contributed by atoms with Crippen LogP contribution < -0.4 is 5.43 Å². The Labute approximate surface area is 131 Å². The fourth-order valence-electron chi connectivity index (χ4n) is 1.92. The summed E-state index contributed by atoms with van der Waals surface area (Å²) in [5.41, 5.74) is 2.53. The van der Waals surface area contributed by atoms with Gasteiger partial charge in [0.15, 0.2) is 5.79 Å². The molecule has 1 aliphatic heterocycles. The predicted molar refractivity (Wildman–Crippen MR) is 78.8 cm³/mol. The second-order valence-electron chi connectivity index (χ2n) is 4.77. The lowest BCUT2D eigenvalue weighted by Gasteiger charge is -2.20. The van der Waals surface area contributed by atoms with Crippen molar-refractivity contribution in [3.05, 3.63) is 38.9 Å². The van der Waals surface area contributed by atoms with Gasteiger partial charge in [0, 0.05) is 11.6 Å². The van der Waals surface area contributed by atoms with Crippen LogP contribution in [0.2, 0.25) is 5.02 Å². The number of hydrogen-bond donors (Lipinski definition) is 1. The number of benzene rings is 1. The molecule has 9 heteroatoms. The highest BCUT2D eigenvalue weighted by atomic mass is 35.5. The average molecular weight is 328 g/mol. The molecule has 0 spiro atoms. The molecule has 1 aromatic rings. The molecule has 8 nitrogen and oxygen atoms in total. The highest BCUT2D eigenvalue weighted by Crippen LogP contribution is 2.24. The Bertz CT molecular complexity index is 614. The van der Waals surface area contributed by atoms with Gasteiger partial charge in [-0.1, -0.05) is 17.7 Å². The molecule has 1 aliphatic rings. The molecule has 0 unspecified atom stereocenters. The molecule has 118 valence electrons. The van der Waals surface area contributed by atoms with Gasteiger partial charge in [0.2, 0.25) is 5.91 Å². The van der Waals surface area contributed by atoms with Crippen molar-refractivity contribution in [2.75, 3.05) is 13.2 Å². The van der Waals surface area contributed by atoms with Gasteiger partial charge < -0.3 is 9.47 Å². The largest absolute Gasteiger partial charge is 0.347 e. The van der Waals surface area contributed by atoms with Crippen LogP contribution >= 0.6 is 11.6 Å². The number of carbonyl (C=O) groups excluding carboxylic acids is 1. The first-order valence-electron chi connectivity index (χ1n) is 6.43. The van der Waals surface area contributed by atoms with Gasteiger partial charge >= 0.3 is 0 Å². The zero-order valence-electron chi connectivity index (χ0n) is 11.7. The van der Waals surface area contributed by atoms with Crippen molar-refractivity contribution in [2.45, 2.75) is 19.1 Å². The number of hydrazone groups is 1. The van der Waals surface area contributed by atoms with Crippen LogP contribution in [0.5, 0.6) is 0 Å². The van der Waals surface area contributed by atoms with Crippen molar-refractivity contribution in [3.8, 4) is 0 Å². The van der Waals surface area contributed by atoms with Crippen molar-refractivity contribution < 1.29 is 19.2 Å². The monoisotopic (exact) mass is 327 g/mol. The van der Waals surface area contributed by atoms with Gasteiger partial charge in [-0.3, -0.25) is 14.9 Å². The van der Waals surface area contributed by atoms with E-state index in [2.05, 4.69) is 10.5 Å². The number of halogens is 1. The van der Waals surface area contributed by atoms with Gasteiger partial charge in [-0.2, -0.15) is 5.10 Å². The van der Waals surface area contributed by atoms with E-state index in [1.165, 1.54) is 18.3 Å². The summed E-state index contributed by atoms with van der Waals surface area (Å²) in [6, 6.07) is 4.21. The number of nitrogens with one attached hydrogen (secondary N) is 1. The molecule has 0 bridgehead atoms. The van der Waals surface area contributed by atoms with Crippen LogP contribution in [0.25, 0.3) is 0 Å². The summed E-state index contributed by atoms with van der Waals surface area (Å²) in [5, 5.41) is 14.5. The van der Waals surface area contributed by atoms with Crippen LogP contribution in [0.4, 0.5) is 5.69 Å². The van der Waals surface area contributed by atoms with Crippen LogP contribution in [-0.4, -0.2) is 36.0 Å². The Morgan fingerprint density at radius 3 is 2.86 bits per heavy atom. The summed E-state index contributed by atoms with van der Waals surface area (Å²) in [4.78, 5) is 21.9. The summed E-state index contributed by atoms with van der Waals surface area (Å²) >= 11 is 5.70. The summed E-state index contributed by atoms with van der Waals surface area (Å²) < 4.78 is 10.6. The fourth-order valence-corrected chi connectivity index (χ4v) is 2.11. The summed E-state index contributed by atoms with van der Waals surface area (Å²) in [6.45, 7) is 2.56. The van der Waals surface area contributed by atoms with E-state index in [0.29, 0.717) is 18.8 Å². The van der Waals surface area contributed by atoms with Crippen molar-refractivity contribution in [3.63, 3.8) is 0 Å². The molecule has 2 rings (SSSR count). The van der Waals surface area contributed by atoms with Crippen LogP contribution in [0, 0.1) is 10.1 Å². The third-order valence-electron chi connectivity index (χ3n) is 2.95. The lowest BCUT2D eigenvalue weighted by molar-refractivity contribution is -0.384. The third-order valence-corrected chi connectivity index (χ3v) is 3.27. The SMILES string of the molecule is CC1(CC(=O)NN=Cc2ccc(Cl)c([N+](=O)[O-])c2)OCCO1. The smallest absolute Gasteiger partial charge is 0.288 e. The first-order chi connectivity index (χ1) is 10.4. The van der Waals surface area contributed by atoms with E-state index in [1.54, 1.807) is 13.0 Å². The Morgan fingerprint density at radius 1 is 1.55 bits per heavy atom. The van der Waals surface area contributed by atoms with Crippen molar-refractivity contribution in [1.29, 1.82) is 0 Å². The van der Waals surface area contributed by atoms with E-state index in [0.717, 1.165) is 0 Å². The van der Waals surface area contributed by atoms with E-state index in [9.17, 15) is 14.9 Å². The summed E-state index contributed by atoms with van der Waals surface area (Å²) in [6.07, 6.45) is 1.30. The Kier molecular flexibility index (Phi) is 5.07. The highest BCUT2D eigenvalue weighted by Gasteiger charge is 2.33. The molecule has 0 saturated carbocycles. The van der Waals surface area contributed by atoms with E-state index in [1.807, 2.05) is 0 Å². The van der Waals surface area contributed by atoms with E-state index in [-0.39, 0.29) is 23.0 Å². The van der Waals surface area contributed by atoms with Crippen LogP contribution in [0.15, 0.2) is 23.3 Å². The van der Waals surface area contributed by atoms with Crippen molar-refractivity contribution in [2.24, 2.45) is 5.10 Å². The number of nitro benzene ring substituents is 1. The molecule has 0 radical (unpaired) electrons. The molecular weight excluding hydrogens is 314 g/mol. The number of amides is 1. The molecule has 1 amide bonds. The molecule has 22 heavy (non-hydrogen) atoms. The number of carbonyl (C=O) groups is 1. The zero-order chi connectivity index (χ0) is 16.2. The Hall–Kier alpha value is -2.03. The quantitative estimate of drug-likeness (QED) is 0.505. The number of nitrogens with zero attached hydrogens (tertiary/aromatic N) is 2. The Morgan fingerprint density at radius 2 is 2.23 bits per heavy atom. The fraction of sp³-hybridized carbons (Fsp3) is 0.385. The van der Waals surface area contributed by atoms with E-state index in [4.69, 9.17) is 21.1 Å². The highest BCUT2D eigenvalue weighted by molar-refractivity contribution is 6.32. The molecule has 0 aliphatic carbocycles. The topological polar surface area (TPSA) is 103 Å². The van der Waals surface area contributed by atoms with E-state index < -0.39 is 10.7 Å². The minimum atomic E-state index is -0.932. The maximum absolute atomic E-state index is 11.7. The standard InChI is InChI=1S/C13H14ClN3O5/c1-13(21-4-5-22-13)7-12(18)16-15-8-9-2-3-10(14)11(6-9)17(19)20/h2-3,6,8H,4-5,7H2,1H3,(H,16,18). The summed E-state index contributed by atoms with van der Waals surface area (Å²) in [5.74, 6) is -1.32. The number of ether oxygens (including phenoxy) is 2. The number of hydrogen-bond acceptors (Lipinski definition) is 6. The number of nitro groups is 1. The second-order valence-corrected chi connectivity index (χ2v) is 5.18. The zero-order valence-corrected chi connectivity index (χ0v) is 12.5. The molecular formula is C13H14ClN3O5. The van der Waals surface area contributed by atoms with Gasteiger partial charge in [0.25, 0.3) is 5.69 Å². The lowest BCUT2D eigenvalue weighted by Crippen LogP contribution is -2.33. The van der Waals surface area contributed by atoms with Gasteiger partial charge in [0.05, 0.1) is 30.8 Å². The van der Waals surface area contributed by atoms with Gasteiger partial charge in [0.1, 0.15) is 5.02 Å². The molecule has 1 saturated heterocycles. The van der Waals surface area contributed by atoms with Crippen LogP contribution in [0.3, 0.4) is 0 Å². The van der Waals surface area contributed by atoms with Crippen LogP contribution in [0.1, 0.15) is 18.9 Å². The van der Waals surface area contributed by atoms with Crippen molar-refractivity contribution >= 4 is 29.4 Å². The first kappa shape index (κ1) is 16.3. The maximum Gasteiger partial charge on any atom is 0.288 e. The first-order valence-corrected chi connectivity index (χ1v) is 6.81. The molecule has 1 heterocycles. The minimum absolute atomic E-state index is 0.00507. The maximum atomic E-state index is 11.7. The van der Waals surface area contributed by atoms with Gasteiger partial charge in [-0.05, 0) is 13.0 Å². The molecule has 1 aromatic carbocycles. The minimum Gasteiger partial charge on any atom is -0.347 e. The van der Waals surface area contributed by atoms with Crippen molar-refractivity contribution in [1.82, 2.24) is 5.43 Å². The lowest BCUT2D eigenvalue weighted by atomic mass is 10.2.